The minimum Gasteiger partial charge on any atom is -0.508 e. The lowest BCUT2D eigenvalue weighted by Crippen LogP contribution is -2.36. The molecule has 1 aliphatic heterocycles. The van der Waals surface area contributed by atoms with Crippen LogP contribution in [0, 0.1) is 0 Å². The van der Waals surface area contributed by atoms with E-state index >= 15 is 0 Å². The van der Waals surface area contributed by atoms with Crippen molar-refractivity contribution in [2.45, 2.75) is 38.8 Å². The van der Waals surface area contributed by atoms with Crippen molar-refractivity contribution in [2.24, 2.45) is 0 Å². The minimum absolute atomic E-state index is 0.372. The Balaban J connectivity index is 2.01. The molecule has 2 rings (SSSR count). The number of hydrogen-bond acceptors (Lipinski definition) is 2. The average molecular weight is 205 g/mol. The Kier molecular flexibility index (Phi) is 3.27. The number of piperidine rings is 1. The lowest BCUT2D eigenvalue weighted by atomic mass is 10.0. The first-order chi connectivity index (χ1) is 7.25. The number of rotatable bonds is 2. The van der Waals surface area contributed by atoms with Crippen LogP contribution >= 0.6 is 0 Å². The summed E-state index contributed by atoms with van der Waals surface area (Å²) in [7, 11) is 0. The fourth-order valence-corrected chi connectivity index (χ4v) is 2.28. The van der Waals surface area contributed by atoms with E-state index in [0.717, 1.165) is 6.54 Å². The molecule has 1 aromatic rings. The molecule has 1 aromatic carbocycles. The van der Waals surface area contributed by atoms with Crippen molar-refractivity contribution in [1.82, 2.24) is 4.90 Å². The summed E-state index contributed by atoms with van der Waals surface area (Å²) in [6, 6.07) is 8.27. The Hall–Kier alpha value is -1.02. The number of nitrogens with zero attached hydrogens (tertiary/aromatic N) is 1. The number of likely N-dealkylation sites (tertiary alicyclic amines) is 1. The number of aromatic hydroxyl groups is 1. The molecule has 0 radical (unpaired) electrons. The van der Waals surface area contributed by atoms with Crippen LogP contribution in [0.5, 0.6) is 5.75 Å². The highest BCUT2D eigenvalue weighted by atomic mass is 16.3. The lowest BCUT2D eigenvalue weighted by molar-refractivity contribution is 0.152. The monoisotopic (exact) mass is 205 g/mol. The van der Waals surface area contributed by atoms with E-state index in [1.54, 1.807) is 6.07 Å². The van der Waals surface area contributed by atoms with Crippen LogP contribution in [0.4, 0.5) is 0 Å². The third-order valence-corrected chi connectivity index (χ3v) is 3.24. The van der Waals surface area contributed by atoms with E-state index < -0.39 is 0 Å². The Labute approximate surface area is 91.5 Å². The molecule has 0 bridgehead atoms. The van der Waals surface area contributed by atoms with Gasteiger partial charge in [0, 0.05) is 12.6 Å². The van der Waals surface area contributed by atoms with Gasteiger partial charge in [0.05, 0.1) is 0 Å². The maximum atomic E-state index is 9.39. The normalized spacial score (nSPS) is 22.9. The van der Waals surface area contributed by atoms with Crippen LogP contribution in [0.25, 0.3) is 0 Å². The van der Waals surface area contributed by atoms with Crippen LogP contribution in [0.1, 0.15) is 31.7 Å². The van der Waals surface area contributed by atoms with E-state index in [9.17, 15) is 5.11 Å². The summed E-state index contributed by atoms with van der Waals surface area (Å²) in [5, 5.41) is 9.39. The van der Waals surface area contributed by atoms with Gasteiger partial charge in [-0.2, -0.15) is 0 Å². The fraction of sp³-hybridized carbons (Fsp3) is 0.538. The van der Waals surface area contributed by atoms with E-state index in [0.29, 0.717) is 11.8 Å². The summed E-state index contributed by atoms with van der Waals surface area (Å²) in [5.74, 6) is 0.372. The third-order valence-electron chi connectivity index (χ3n) is 3.24. The lowest BCUT2D eigenvalue weighted by Gasteiger charge is -2.33. The zero-order valence-corrected chi connectivity index (χ0v) is 9.32. The highest BCUT2D eigenvalue weighted by Gasteiger charge is 2.17. The molecule has 0 saturated carbocycles. The van der Waals surface area contributed by atoms with Gasteiger partial charge in [0.2, 0.25) is 0 Å². The first-order valence-electron chi connectivity index (χ1n) is 5.77. The van der Waals surface area contributed by atoms with Gasteiger partial charge >= 0.3 is 0 Å². The Morgan fingerprint density at radius 1 is 1.40 bits per heavy atom. The van der Waals surface area contributed by atoms with Crippen molar-refractivity contribution in [2.75, 3.05) is 6.54 Å². The van der Waals surface area contributed by atoms with Crippen molar-refractivity contribution >= 4 is 0 Å². The summed E-state index contributed by atoms with van der Waals surface area (Å²) in [5.41, 5.74) is 1.21. The van der Waals surface area contributed by atoms with Crippen molar-refractivity contribution in [3.63, 3.8) is 0 Å². The third kappa shape index (κ3) is 2.72. The van der Waals surface area contributed by atoms with E-state index in [4.69, 9.17) is 0 Å². The van der Waals surface area contributed by atoms with Gasteiger partial charge in [-0.05, 0) is 44.0 Å². The Morgan fingerprint density at radius 3 is 3.00 bits per heavy atom. The van der Waals surface area contributed by atoms with Gasteiger partial charge in [-0.15, -0.1) is 0 Å². The fourth-order valence-electron chi connectivity index (χ4n) is 2.28. The molecule has 0 spiro atoms. The first-order valence-corrected chi connectivity index (χ1v) is 5.77. The number of benzene rings is 1. The van der Waals surface area contributed by atoms with Crippen LogP contribution in [-0.2, 0) is 6.54 Å². The quantitative estimate of drug-likeness (QED) is 0.802. The Morgan fingerprint density at radius 2 is 2.27 bits per heavy atom. The topological polar surface area (TPSA) is 23.5 Å². The molecular formula is C13H19NO. The SMILES string of the molecule is C[C@H]1CCCCN1Cc1cccc(O)c1. The molecule has 15 heavy (non-hydrogen) atoms. The summed E-state index contributed by atoms with van der Waals surface area (Å²) >= 11 is 0. The molecule has 0 aromatic heterocycles. The van der Waals surface area contributed by atoms with Crippen LogP contribution < -0.4 is 0 Å². The van der Waals surface area contributed by atoms with Gasteiger partial charge in [-0.1, -0.05) is 18.6 Å². The van der Waals surface area contributed by atoms with Crippen molar-refractivity contribution in [3.8, 4) is 5.75 Å². The van der Waals surface area contributed by atoms with E-state index in [1.807, 2.05) is 12.1 Å². The van der Waals surface area contributed by atoms with E-state index in [2.05, 4.69) is 17.9 Å². The van der Waals surface area contributed by atoms with Gasteiger partial charge in [-0.3, -0.25) is 4.90 Å². The zero-order chi connectivity index (χ0) is 10.7. The second-order valence-corrected chi connectivity index (χ2v) is 4.49. The van der Waals surface area contributed by atoms with Gasteiger partial charge in [0.15, 0.2) is 0 Å². The highest BCUT2D eigenvalue weighted by molar-refractivity contribution is 5.27. The second kappa shape index (κ2) is 4.67. The molecule has 1 saturated heterocycles. The summed E-state index contributed by atoms with van der Waals surface area (Å²) < 4.78 is 0. The smallest absolute Gasteiger partial charge is 0.115 e. The van der Waals surface area contributed by atoms with Gasteiger partial charge in [-0.25, -0.2) is 0 Å². The number of phenolic OH excluding ortho intramolecular Hbond substituents is 1. The second-order valence-electron chi connectivity index (χ2n) is 4.49. The maximum Gasteiger partial charge on any atom is 0.115 e. The highest BCUT2D eigenvalue weighted by Crippen LogP contribution is 2.20. The predicted octanol–water partition coefficient (Wildman–Crippen LogP) is 2.77. The molecule has 0 unspecified atom stereocenters. The molecule has 2 nitrogen and oxygen atoms in total. The number of phenols is 1. The summed E-state index contributed by atoms with van der Waals surface area (Å²) in [4.78, 5) is 2.50. The molecule has 0 aliphatic carbocycles. The minimum atomic E-state index is 0.372. The van der Waals surface area contributed by atoms with Crippen molar-refractivity contribution < 1.29 is 5.11 Å². The molecule has 1 aliphatic rings. The van der Waals surface area contributed by atoms with Crippen LogP contribution in [0.2, 0.25) is 0 Å². The first kappa shape index (κ1) is 10.5. The van der Waals surface area contributed by atoms with Gasteiger partial charge in [0.1, 0.15) is 5.75 Å². The zero-order valence-electron chi connectivity index (χ0n) is 9.32. The van der Waals surface area contributed by atoms with E-state index in [-0.39, 0.29) is 0 Å². The van der Waals surface area contributed by atoms with Crippen molar-refractivity contribution in [3.05, 3.63) is 29.8 Å². The molecule has 1 fully saturated rings. The Bertz CT molecular complexity index is 324. The van der Waals surface area contributed by atoms with Crippen LogP contribution in [0.15, 0.2) is 24.3 Å². The van der Waals surface area contributed by atoms with Gasteiger partial charge < -0.3 is 5.11 Å². The van der Waals surface area contributed by atoms with Crippen LogP contribution in [-0.4, -0.2) is 22.6 Å². The molecule has 82 valence electrons. The van der Waals surface area contributed by atoms with Crippen molar-refractivity contribution in [1.29, 1.82) is 0 Å². The summed E-state index contributed by atoms with van der Waals surface area (Å²) in [6.45, 7) is 4.45. The molecule has 2 heteroatoms. The summed E-state index contributed by atoms with van der Waals surface area (Å²) in [6.07, 6.45) is 3.97. The molecular weight excluding hydrogens is 186 g/mol. The number of hydrogen-bond donors (Lipinski definition) is 1. The molecule has 1 heterocycles. The standard InChI is InChI=1S/C13H19NO/c1-11-5-2-3-8-14(11)10-12-6-4-7-13(15)9-12/h4,6-7,9,11,15H,2-3,5,8,10H2,1H3/t11-/m0/s1. The molecule has 1 atom stereocenters. The van der Waals surface area contributed by atoms with E-state index in [1.165, 1.54) is 31.4 Å². The van der Waals surface area contributed by atoms with Crippen LogP contribution in [0.3, 0.4) is 0 Å². The average Bonchev–Trinajstić information content (AvgIpc) is 2.22. The predicted molar refractivity (Wildman–Crippen MR) is 61.8 cm³/mol. The van der Waals surface area contributed by atoms with Gasteiger partial charge in [0.25, 0.3) is 0 Å². The maximum absolute atomic E-state index is 9.39. The molecule has 1 N–H and O–H groups in total. The largest absolute Gasteiger partial charge is 0.508 e. The molecule has 0 amide bonds.